The van der Waals surface area contributed by atoms with Crippen LogP contribution in [0.2, 0.25) is 5.02 Å². The molecule has 0 atom stereocenters. The van der Waals surface area contributed by atoms with E-state index >= 15 is 0 Å². The summed E-state index contributed by atoms with van der Waals surface area (Å²) in [6.45, 7) is 4.32. The largest absolute Gasteiger partial charge is 0.353 e. The first-order chi connectivity index (χ1) is 8.02. The monoisotopic (exact) mass is 258 g/mol. The number of hydrazine groups is 1. The predicted molar refractivity (Wildman–Crippen MR) is 68.1 cm³/mol. The number of rotatable bonds is 3. The van der Waals surface area contributed by atoms with Gasteiger partial charge in [0, 0.05) is 6.04 Å². The number of hydrogen-bond acceptors (Lipinski definition) is 2. The highest BCUT2D eigenvalue weighted by molar-refractivity contribution is 6.30. The van der Waals surface area contributed by atoms with E-state index in [-0.39, 0.29) is 11.1 Å². The minimum atomic E-state index is -0.433. The van der Waals surface area contributed by atoms with Crippen LogP contribution < -0.4 is 16.6 Å². The van der Waals surface area contributed by atoms with Gasteiger partial charge in [-0.05, 0) is 31.5 Å². The maximum absolute atomic E-state index is 12.9. The molecule has 0 aromatic heterocycles. The van der Waals surface area contributed by atoms with Gasteiger partial charge >= 0.3 is 0 Å². The Hall–Kier alpha value is -1.33. The molecule has 4 N–H and O–H groups in total. The van der Waals surface area contributed by atoms with E-state index in [9.17, 15) is 4.39 Å². The molecular weight excluding hydrogens is 243 g/mol. The molecular formula is C11H16ClFN4. The average Bonchev–Trinajstić information content (AvgIpc) is 2.28. The molecule has 0 spiro atoms. The number of aliphatic imine (C=N–C) groups is 1. The van der Waals surface area contributed by atoms with Gasteiger partial charge in [-0.2, -0.15) is 0 Å². The molecule has 0 heterocycles. The van der Waals surface area contributed by atoms with Gasteiger partial charge in [0.25, 0.3) is 0 Å². The van der Waals surface area contributed by atoms with Crippen LogP contribution in [0.3, 0.4) is 0 Å². The average molecular weight is 259 g/mol. The molecule has 1 rings (SSSR count). The molecule has 4 nitrogen and oxygen atoms in total. The smallest absolute Gasteiger partial charge is 0.206 e. The predicted octanol–water partition coefficient (Wildman–Crippen LogP) is 1.80. The molecule has 0 amide bonds. The Labute approximate surface area is 105 Å². The van der Waals surface area contributed by atoms with Gasteiger partial charge in [0.2, 0.25) is 5.96 Å². The molecule has 0 bridgehead atoms. The van der Waals surface area contributed by atoms with Gasteiger partial charge < -0.3 is 5.32 Å². The van der Waals surface area contributed by atoms with Crippen LogP contribution in [0.1, 0.15) is 19.4 Å². The Kier molecular flexibility index (Phi) is 5.18. The number of nitrogens with zero attached hydrogens (tertiary/aromatic N) is 1. The summed E-state index contributed by atoms with van der Waals surface area (Å²) in [6, 6.07) is 4.72. The molecule has 6 heteroatoms. The zero-order valence-electron chi connectivity index (χ0n) is 9.80. The van der Waals surface area contributed by atoms with E-state index < -0.39 is 5.82 Å². The Bertz CT molecular complexity index is 406. The molecule has 17 heavy (non-hydrogen) atoms. The molecule has 0 saturated heterocycles. The molecule has 0 unspecified atom stereocenters. The standard InChI is InChI=1S/C11H16ClFN4/c1-7(2)16-11(17-14)15-6-8-3-4-10(13)9(12)5-8/h3-5,7H,6,14H2,1-2H3,(H2,15,16,17). The first-order valence-corrected chi connectivity index (χ1v) is 5.62. The summed E-state index contributed by atoms with van der Waals surface area (Å²) in [6.07, 6.45) is 0. The van der Waals surface area contributed by atoms with E-state index in [1.807, 2.05) is 13.8 Å². The van der Waals surface area contributed by atoms with Gasteiger partial charge in [0.1, 0.15) is 5.82 Å². The number of benzene rings is 1. The lowest BCUT2D eigenvalue weighted by Gasteiger charge is -2.11. The molecule has 0 saturated carbocycles. The Morgan fingerprint density at radius 2 is 2.24 bits per heavy atom. The van der Waals surface area contributed by atoms with Gasteiger partial charge in [-0.3, -0.25) is 5.43 Å². The van der Waals surface area contributed by atoms with Crippen molar-refractivity contribution < 1.29 is 4.39 Å². The van der Waals surface area contributed by atoms with Crippen molar-refractivity contribution in [2.24, 2.45) is 10.8 Å². The van der Waals surface area contributed by atoms with Crippen molar-refractivity contribution in [2.75, 3.05) is 0 Å². The fraction of sp³-hybridized carbons (Fsp3) is 0.364. The zero-order chi connectivity index (χ0) is 12.8. The number of halogens is 2. The number of guanidine groups is 1. The summed E-state index contributed by atoms with van der Waals surface area (Å²) >= 11 is 5.67. The van der Waals surface area contributed by atoms with E-state index in [4.69, 9.17) is 17.4 Å². The van der Waals surface area contributed by atoms with Crippen molar-refractivity contribution in [3.8, 4) is 0 Å². The lowest BCUT2D eigenvalue weighted by atomic mass is 10.2. The van der Waals surface area contributed by atoms with E-state index in [1.54, 1.807) is 12.1 Å². The van der Waals surface area contributed by atoms with Crippen LogP contribution in [0, 0.1) is 5.82 Å². The van der Waals surface area contributed by atoms with Crippen LogP contribution in [0.5, 0.6) is 0 Å². The summed E-state index contributed by atoms with van der Waals surface area (Å²) in [4.78, 5) is 4.21. The fourth-order valence-corrected chi connectivity index (χ4v) is 1.42. The van der Waals surface area contributed by atoms with E-state index in [1.165, 1.54) is 6.07 Å². The van der Waals surface area contributed by atoms with Gasteiger partial charge in [-0.1, -0.05) is 17.7 Å². The minimum Gasteiger partial charge on any atom is -0.353 e. The normalized spacial score (nSPS) is 11.8. The van der Waals surface area contributed by atoms with Gasteiger partial charge in [0.15, 0.2) is 0 Å². The Morgan fingerprint density at radius 1 is 1.53 bits per heavy atom. The fourth-order valence-electron chi connectivity index (χ4n) is 1.21. The minimum absolute atomic E-state index is 0.0942. The quantitative estimate of drug-likeness (QED) is 0.335. The van der Waals surface area contributed by atoms with Crippen LogP contribution in [0.25, 0.3) is 0 Å². The van der Waals surface area contributed by atoms with Crippen molar-refractivity contribution in [3.05, 3.63) is 34.6 Å². The SMILES string of the molecule is CC(C)NC(=NCc1ccc(F)c(Cl)c1)NN. The maximum Gasteiger partial charge on any atom is 0.206 e. The first-order valence-electron chi connectivity index (χ1n) is 5.24. The summed E-state index contributed by atoms with van der Waals surface area (Å²) in [5, 5.41) is 3.13. The Morgan fingerprint density at radius 3 is 2.76 bits per heavy atom. The van der Waals surface area contributed by atoms with Crippen molar-refractivity contribution in [3.63, 3.8) is 0 Å². The summed E-state index contributed by atoms with van der Waals surface area (Å²) in [5.74, 6) is 5.36. The molecule has 0 fully saturated rings. The molecule has 0 aliphatic heterocycles. The first kappa shape index (κ1) is 13.7. The van der Waals surface area contributed by atoms with Crippen LogP contribution in [0.15, 0.2) is 23.2 Å². The second-order valence-electron chi connectivity index (χ2n) is 3.86. The van der Waals surface area contributed by atoms with Crippen LogP contribution in [0.4, 0.5) is 4.39 Å². The van der Waals surface area contributed by atoms with Crippen molar-refractivity contribution in [1.29, 1.82) is 0 Å². The molecule has 0 radical (unpaired) electrons. The van der Waals surface area contributed by atoms with Crippen molar-refractivity contribution in [1.82, 2.24) is 10.7 Å². The third kappa shape index (κ3) is 4.58. The van der Waals surface area contributed by atoms with E-state index in [0.717, 1.165) is 5.56 Å². The van der Waals surface area contributed by atoms with E-state index in [0.29, 0.717) is 12.5 Å². The highest BCUT2D eigenvalue weighted by Crippen LogP contribution is 2.16. The molecule has 0 aliphatic rings. The van der Waals surface area contributed by atoms with Gasteiger partial charge in [0.05, 0.1) is 11.6 Å². The van der Waals surface area contributed by atoms with Crippen molar-refractivity contribution >= 4 is 17.6 Å². The highest BCUT2D eigenvalue weighted by Gasteiger charge is 2.02. The van der Waals surface area contributed by atoms with Crippen LogP contribution >= 0.6 is 11.6 Å². The maximum atomic E-state index is 12.9. The second-order valence-corrected chi connectivity index (χ2v) is 4.26. The summed E-state index contributed by atoms with van der Waals surface area (Å²) in [7, 11) is 0. The lowest BCUT2D eigenvalue weighted by Crippen LogP contribution is -2.44. The highest BCUT2D eigenvalue weighted by atomic mass is 35.5. The van der Waals surface area contributed by atoms with Gasteiger partial charge in [-0.25, -0.2) is 15.2 Å². The zero-order valence-corrected chi connectivity index (χ0v) is 10.6. The van der Waals surface area contributed by atoms with Crippen molar-refractivity contribution in [2.45, 2.75) is 26.4 Å². The number of nitrogens with one attached hydrogen (secondary N) is 2. The topological polar surface area (TPSA) is 62.4 Å². The van der Waals surface area contributed by atoms with Gasteiger partial charge in [-0.15, -0.1) is 0 Å². The molecule has 1 aromatic rings. The second kappa shape index (κ2) is 6.42. The molecule has 0 aliphatic carbocycles. The Balaban J connectivity index is 2.69. The molecule has 1 aromatic carbocycles. The van der Waals surface area contributed by atoms with Crippen LogP contribution in [-0.4, -0.2) is 12.0 Å². The summed E-state index contributed by atoms with van der Waals surface area (Å²) in [5.41, 5.74) is 3.28. The third-order valence-corrected chi connectivity index (χ3v) is 2.26. The summed E-state index contributed by atoms with van der Waals surface area (Å²) < 4.78 is 12.9. The number of nitrogens with two attached hydrogens (primary N) is 1. The third-order valence-electron chi connectivity index (χ3n) is 1.97. The lowest BCUT2D eigenvalue weighted by molar-refractivity contribution is 0.627. The van der Waals surface area contributed by atoms with Crippen LogP contribution in [-0.2, 0) is 6.54 Å². The molecule has 94 valence electrons. The van der Waals surface area contributed by atoms with E-state index in [2.05, 4.69) is 15.7 Å². The number of hydrogen-bond donors (Lipinski definition) is 3.